The largest absolute Gasteiger partial charge is 0.491 e. The molecule has 102 valence electrons. The number of rotatable bonds is 7. The van der Waals surface area contributed by atoms with Crippen LogP contribution in [0.1, 0.15) is 46.1 Å². The smallest absolute Gasteiger partial charge is 0.127 e. The van der Waals surface area contributed by atoms with Crippen LogP contribution in [-0.2, 0) is 6.54 Å². The zero-order chi connectivity index (χ0) is 13.5. The molecule has 1 aromatic carbocycles. The maximum atomic E-state index is 5.88. The molecule has 0 aliphatic rings. The first-order chi connectivity index (χ1) is 8.60. The normalized spacial score (nSPS) is 14.1. The highest BCUT2D eigenvalue weighted by molar-refractivity contribution is 5.40. The lowest BCUT2D eigenvalue weighted by Gasteiger charge is -2.18. The molecule has 2 N–H and O–H groups in total. The second-order valence-corrected chi connectivity index (χ2v) is 4.65. The molecule has 0 fully saturated rings. The highest BCUT2D eigenvalue weighted by Gasteiger charge is 2.09. The summed E-state index contributed by atoms with van der Waals surface area (Å²) in [5.74, 6) is 1.69. The number of hydrogen-bond donors (Lipinski definition) is 1. The van der Waals surface area contributed by atoms with Crippen LogP contribution in [0.5, 0.6) is 11.5 Å². The monoisotopic (exact) mass is 251 g/mol. The molecule has 2 atom stereocenters. The van der Waals surface area contributed by atoms with Crippen LogP contribution in [0.4, 0.5) is 0 Å². The Labute approximate surface area is 110 Å². The molecule has 1 rings (SSSR count). The summed E-state index contributed by atoms with van der Waals surface area (Å²) < 4.78 is 11.7. The Morgan fingerprint density at radius 1 is 1.06 bits per heavy atom. The van der Waals surface area contributed by atoms with Gasteiger partial charge in [-0.1, -0.05) is 19.9 Å². The number of nitrogens with two attached hydrogens (primary N) is 1. The summed E-state index contributed by atoms with van der Waals surface area (Å²) in [6.45, 7) is 8.81. The van der Waals surface area contributed by atoms with Crippen molar-refractivity contribution in [3.05, 3.63) is 23.8 Å². The van der Waals surface area contributed by atoms with Gasteiger partial charge in [0.1, 0.15) is 11.5 Å². The third-order valence-corrected chi connectivity index (χ3v) is 3.07. The van der Waals surface area contributed by atoms with E-state index in [1.807, 2.05) is 18.2 Å². The Morgan fingerprint density at radius 2 is 1.67 bits per heavy atom. The molecule has 0 aliphatic carbocycles. The number of benzene rings is 1. The summed E-state index contributed by atoms with van der Waals surface area (Å²) in [6.07, 6.45) is 2.36. The average molecular weight is 251 g/mol. The van der Waals surface area contributed by atoms with E-state index in [-0.39, 0.29) is 12.2 Å². The molecular formula is C15H25NO2. The summed E-state index contributed by atoms with van der Waals surface area (Å²) in [5.41, 5.74) is 6.74. The van der Waals surface area contributed by atoms with E-state index >= 15 is 0 Å². The van der Waals surface area contributed by atoms with Gasteiger partial charge in [-0.25, -0.2) is 0 Å². The zero-order valence-corrected chi connectivity index (χ0v) is 11.9. The van der Waals surface area contributed by atoms with E-state index in [0.717, 1.165) is 29.9 Å². The van der Waals surface area contributed by atoms with Crippen molar-refractivity contribution in [2.75, 3.05) is 0 Å². The van der Waals surface area contributed by atoms with Crippen LogP contribution in [0.25, 0.3) is 0 Å². The predicted molar refractivity (Wildman–Crippen MR) is 75.1 cm³/mol. The molecule has 0 amide bonds. The van der Waals surface area contributed by atoms with Gasteiger partial charge in [0.05, 0.1) is 12.2 Å². The number of ether oxygens (including phenoxy) is 2. The molecule has 18 heavy (non-hydrogen) atoms. The van der Waals surface area contributed by atoms with Gasteiger partial charge < -0.3 is 15.2 Å². The third-order valence-electron chi connectivity index (χ3n) is 3.07. The predicted octanol–water partition coefficient (Wildman–Crippen LogP) is 3.50. The number of hydrogen-bond acceptors (Lipinski definition) is 3. The fourth-order valence-corrected chi connectivity index (χ4v) is 1.50. The van der Waals surface area contributed by atoms with Crippen LogP contribution in [0, 0.1) is 0 Å². The third kappa shape index (κ3) is 4.22. The van der Waals surface area contributed by atoms with Crippen molar-refractivity contribution >= 4 is 0 Å². The Morgan fingerprint density at radius 3 is 2.22 bits per heavy atom. The van der Waals surface area contributed by atoms with E-state index in [9.17, 15) is 0 Å². The molecule has 3 heteroatoms. The Balaban J connectivity index is 2.87. The molecule has 0 saturated heterocycles. The molecular weight excluding hydrogens is 226 g/mol. The van der Waals surface area contributed by atoms with Crippen molar-refractivity contribution in [2.45, 2.75) is 59.3 Å². The van der Waals surface area contributed by atoms with Crippen LogP contribution in [0.15, 0.2) is 18.2 Å². The summed E-state index contributed by atoms with van der Waals surface area (Å²) in [7, 11) is 0. The van der Waals surface area contributed by atoms with Gasteiger partial charge in [0.2, 0.25) is 0 Å². The van der Waals surface area contributed by atoms with Gasteiger partial charge in [-0.05, 0) is 32.8 Å². The first-order valence-electron chi connectivity index (χ1n) is 6.76. The van der Waals surface area contributed by atoms with Gasteiger partial charge in [0, 0.05) is 18.2 Å². The standard InChI is InChI=1S/C15H25NO2/c1-5-11(3)17-14-8-7-13(10-16)15(9-14)18-12(4)6-2/h7-9,11-12H,5-6,10,16H2,1-4H3/t11-,12-/m0/s1. The zero-order valence-electron chi connectivity index (χ0n) is 11.9. The SMILES string of the molecule is CC[C@H](C)Oc1ccc(CN)c(O[C@@H](C)CC)c1. The molecule has 0 aromatic heterocycles. The van der Waals surface area contributed by atoms with E-state index in [0.29, 0.717) is 6.54 Å². The second kappa shape index (κ2) is 7.27. The van der Waals surface area contributed by atoms with Crippen LogP contribution in [0.2, 0.25) is 0 Å². The molecule has 0 spiro atoms. The highest BCUT2D eigenvalue weighted by atomic mass is 16.5. The second-order valence-electron chi connectivity index (χ2n) is 4.65. The van der Waals surface area contributed by atoms with Gasteiger partial charge in [-0.2, -0.15) is 0 Å². The maximum Gasteiger partial charge on any atom is 0.127 e. The summed E-state index contributed by atoms with van der Waals surface area (Å²) in [5, 5.41) is 0. The maximum absolute atomic E-state index is 5.88. The molecule has 0 aliphatic heterocycles. The molecule has 3 nitrogen and oxygen atoms in total. The molecule has 1 aromatic rings. The lowest BCUT2D eigenvalue weighted by atomic mass is 10.2. The minimum absolute atomic E-state index is 0.189. The Hall–Kier alpha value is -1.22. The van der Waals surface area contributed by atoms with Crippen molar-refractivity contribution in [3.63, 3.8) is 0 Å². The van der Waals surface area contributed by atoms with Crippen LogP contribution < -0.4 is 15.2 Å². The van der Waals surface area contributed by atoms with Crippen LogP contribution in [-0.4, -0.2) is 12.2 Å². The molecule has 0 saturated carbocycles. The van der Waals surface area contributed by atoms with Gasteiger partial charge in [-0.3, -0.25) is 0 Å². The average Bonchev–Trinajstić information content (AvgIpc) is 2.38. The summed E-state index contributed by atoms with van der Waals surface area (Å²) in [4.78, 5) is 0. The van der Waals surface area contributed by atoms with Crippen LogP contribution >= 0.6 is 0 Å². The minimum atomic E-state index is 0.189. The summed E-state index contributed by atoms with van der Waals surface area (Å²) >= 11 is 0. The van der Waals surface area contributed by atoms with E-state index in [2.05, 4.69) is 27.7 Å². The fourth-order valence-electron chi connectivity index (χ4n) is 1.50. The molecule has 0 radical (unpaired) electrons. The van der Waals surface area contributed by atoms with Crippen molar-refractivity contribution < 1.29 is 9.47 Å². The lowest BCUT2D eigenvalue weighted by Crippen LogP contribution is -2.13. The molecule has 0 heterocycles. The minimum Gasteiger partial charge on any atom is -0.491 e. The van der Waals surface area contributed by atoms with E-state index in [1.165, 1.54) is 0 Å². The molecule has 0 bridgehead atoms. The van der Waals surface area contributed by atoms with E-state index in [1.54, 1.807) is 0 Å². The Kier molecular flexibility index (Phi) is 5.99. The quantitative estimate of drug-likeness (QED) is 0.806. The van der Waals surface area contributed by atoms with Gasteiger partial charge in [-0.15, -0.1) is 0 Å². The fraction of sp³-hybridized carbons (Fsp3) is 0.600. The molecule has 0 unspecified atom stereocenters. The topological polar surface area (TPSA) is 44.5 Å². The van der Waals surface area contributed by atoms with Crippen LogP contribution in [0.3, 0.4) is 0 Å². The van der Waals surface area contributed by atoms with Crippen molar-refractivity contribution in [1.82, 2.24) is 0 Å². The van der Waals surface area contributed by atoms with E-state index < -0.39 is 0 Å². The van der Waals surface area contributed by atoms with Crippen molar-refractivity contribution in [2.24, 2.45) is 5.73 Å². The highest BCUT2D eigenvalue weighted by Crippen LogP contribution is 2.27. The van der Waals surface area contributed by atoms with Gasteiger partial charge in [0.15, 0.2) is 0 Å². The lowest BCUT2D eigenvalue weighted by molar-refractivity contribution is 0.204. The first-order valence-corrected chi connectivity index (χ1v) is 6.76. The first kappa shape index (κ1) is 14.8. The van der Waals surface area contributed by atoms with Crippen molar-refractivity contribution in [3.8, 4) is 11.5 Å². The van der Waals surface area contributed by atoms with E-state index in [4.69, 9.17) is 15.2 Å². The Bertz CT molecular complexity index is 366. The summed E-state index contributed by atoms with van der Waals surface area (Å²) in [6, 6.07) is 5.88. The van der Waals surface area contributed by atoms with Gasteiger partial charge in [0.25, 0.3) is 0 Å². The van der Waals surface area contributed by atoms with Gasteiger partial charge >= 0.3 is 0 Å². The van der Waals surface area contributed by atoms with Crippen molar-refractivity contribution in [1.29, 1.82) is 0 Å².